The molecule has 1 fully saturated rings. The third kappa shape index (κ3) is 2.18. The van der Waals surface area contributed by atoms with E-state index in [1.54, 1.807) is 12.3 Å². The number of nitrogens with two attached hydrogens (primary N) is 1. The van der Waals surface area contributed by atoms with Gasteiger partial charge in [-0.15, -0.1) is 5.10 Å². The third-order valence-electron chi connectivity index (χ3n) is 3.59. The van der Waals surface area contributed by atoms with Gasteiger partial charge in [-0.3, -0.25) is 0 Å². The van der Waals surface area contributed by atoms with Gasteiger partial charge in [-0.1, -0.05) is 6.07 Å². The smallest absolute Gasteiger partial charge is 0.169 e. The fraction of sp³-hybridized carbons (Fsp3) is 0.357. The first-order valence-corrected chi connectivity index (χ1v) is 6.67. The highest BCUT2D eigenvalue weighted by molar-refractivity contribution is 5.65. The van der Waals surface area contributed by atoms with Crippen LogP contribution >= 0.6 is 0 Å². The summed E-state index contributed by atoms with van der Waals surface area (Å²) in [5.41, 5.74) is 6.39. The minimum Gasteiger partial charge on any atom is -0.382 e. The normalized spacial score (nSPS) is 15.6. The summed E-state index contributed by atoms with van der Waals surface area (Å²) >= 11 is 0. The molecule has 102 valence electrons. The molecule has 3 N–H and O–H groups in total. The molecule has 0 radical (unpaired) electrons. The highest BCUT2D eigenvalue weighted by Gasteiger charge is 2.29. The van der Waals surface area contributed by atoms with Gasteiger partial charge in [0.25, 0.3) is 0 Å². The van der Waals surface area contributed by atoms with Crippen LogP contribution in [0.1, 0.15) is 25.3 Å². The first-order chi connectivity index (χ1) is 9.70. The molecule has 6 heteroatoms. The molecule has 0 bridgehead atoms. The second kappa shape index (κ2) is 4.85. The predicted molar refractivity (Wildman–Crippen MR) is 76.3 cm³/mol. The lowest BCUT2D eigenvalue weighted by atomic mass is 10.2. The van der Waals surface area contributed by atoms with E-state index in [0.717, 1.165) is 0 Å². The Labute approximate surface area is 117 Å². The topological polar surface area (TPSA) is 92.6 Å². The molecule has 0 aliphatic heterocycles. The average molecular weight is 268 g/mol. The van der Waals surface area contributed by atoms with Gasteiger partial charge in [-0.05, 0) is 37.8 Å². The number of aromatic nitrogens is 3. The molecule has 0 aromatic carbocycles. The van der Waals surface area contributed by atoms with Crippen LogP contribution in [-0.4, -0.2) is 20.8 Å². The van der Waals surface area contributed by atoms with Crippen LogP contribution in [0.3, 0.4) is 0 Å². The van der Waals surface area contributed by atoms with Gasteiger partial charge in [0.2, 0.25) is 0 Å². The van der Waals surface area contributed by atoms with Crippen LogP contribution in [0.5, 0.6) is 0 Å². The van der Waals surface area contributed by atoms with Crippen molar-refractivity contribution in [2.75, 3.05) is 11.1 Å². The number of nitrogen functional groups attached to an aromatic ring is 1. The molecular formula is C14H16N6. The highest BCUT2D eigenvalue weighted by Crippen LogP contribution is 2.34. The molecule has 1 aliphatic carbocycles. The lowest BCUT2D eigenvalue weighted by molar-refractivity contribution is 0.687. The Kier molecular flexibility index (Phi) is 3.03. The van der Waals surface area contributed by atoms with E-state index in [9.17, 15) is 5.26 Å². The number of pyridine rings is 1. The van der Waals surface area contributed by atoms with E-state index < -0.39 is 0 Å². The Morgan fingerprint density at radius 3 is 2.90 bits per heavy atom. The SMILES string of the molecule is CC(Nc1nn(-c2ccccn2)c(N)c1C#N)C1CC1. The molecule has 1 saturated carbocycles. The molecule has 1 aliphatic rings. The van der Waals surface area contributed by atoms with Crippen LogP contribution in [0.25, 0.3) is 5.82 Å². The van der Waals surface area contributed by atoms with Crippen LogP contribution in [0.4, 0.5) is 11.6 Å². The molecule has 2 aromatic rings. The number of nitrogens with zero attached hydrogens (tertiary/aromatic N) is 4. The van der Waals surface area contributed by atoms with Crippen LogP contribution < -0.4 is 11.1 Å². The van der Waals surface area contributed by atoms with Gasteiger partial charge in [-0.25, -0.2) is 4.98 Å². The molecule has 0 amide bonds. The molecule has 2 aromatic heterocycles. The van der Waals surface area contributed by atoms with E-state index >= 15 is 0 Å². The van der Waals surface area contributed by atoms with E-state index in [-0.39, 0.29) is 0 Å². The maximum Gasteiger partial charge on any atom is 0.169 e. The van der Waals surface area contributed by atoms with Crippen molar-refractivity contribution in [2.45, 2.75) is 25.8 Å². The molecule has 20 heavy (non-hydrogen) atoms. The van der Waals surface area contributed by atoms with Crippen LogP contribution in [0.2, 0.25) is 0 Å². The molecule has 3 rings (SSSR count). The zero-order valence-corrected chi connectivity index (χ0v) is 11.2. The van der Waals surface area contributed by atoms with Gasteiger partial charge in [0.15, 0.2) is 11.6 Å². The number of rotatable bonds is 4. The second-order valence-electron chi connectivity index (χ2n) is 5.09. The molecule has 1 atom stereocenters. The molecular weight excluding hydrogens is 252 g/mol. The van der Waals surface area contributed by atoms with Crippen molar-refractivity contribution in [2.24, 2.45) is 5.92 Å². The Bertz CT molecular complexity index is 650. The Morgan fingerprint density at radius 2 is 2.30 bits per heavy atom. The van der Waals surface area contributed by atoms with Gasteiger partial charge in [0, 0.05) is 12.2 Å². The summed E-state index contributed by atoms with van der Waals surface area (Å²) in [6.07, 6.45) is 4.13. The first-order valence-electron chi connectivity index (χ1n) is 6.67. The lowest BCUT2D eigenvalue weighted by Gasteiger charge is -2.11. The monoisotopic (exact) mass is 268 g/mol. The predicted octanol–water partition coefficient (Wildman–Crippen LogP) is 1.93. The minimum atomic E-state index is 0.300. The summed E-state index contributed by atoms with van der Waals surface area (Å²) in [5, 5.41) is 17.0. The first kappa shape index (κ1) is 12.5. The summed E-state index contributed by atoms with van der Waals surface area (Å²) in [5.74, 6) is 2.13. The van der Waals surface area contributed by atoms with Crippen LogP contribution in [0, 0.1) is 17.2 Å². The van der Waals surface area contributed by atoms with Crippen molar-refractivity contribution >= 4 is 11.6 Å². The maximum atomic E-state index is 9.28. The molecule has 0 spiro atoms. The van der Waals surface area contributed by atoms with Crippen LogP contribution in [-0.2, 0) is 0 Å². The number of hydrogen-bond acceptors (Lipinski definition) is 5. The fourth-order valence-electron chi connectivity index (χ4n) is 2.23. The Hall–Kier alpha value is -2.55. The third-order valence-corrected chi connectivity index (χ3v) is 3.59. The lowest BCUT2D eigenvalue weighted by Crippen LogP contribution is -2.18. The van der Waals surface area contributed by atoms with Crippen molar-refractivity contribution in [1.29, 1.82) is 5.26 Å². The largest absolute Gasteiger partial charge is 0.382 e. The maximum absolute atomic E-state index is 9.28. The second-order valence-corrected chi connectivity index (χ2v) is 5.09. The molecule has 2 heterocycles. The van der Waals surface area contributed by atoms with Crippen molar-refractivity contribution in [1.82, 2.24) is 14.8 Å². The van der Waals surface area contributed by atoms with E-state index in [2.05, 4.69) is 28.4 Å². The molecule has 6 nitrogen and oxygen atoms in total. The fourth-order valence-corrected chi connectivity index (χ4v) is 2.23. The standard InChI is InChI=1S/C14H16N6/c1-9(10-5-6-10)18-14-11(8-15)13(16)20(19-14)12-4-2-3-7-17-12/h2-4,7,9-10H,5-6,16H2,1H3,(H,18,19). The van der Waals surface area contributed by atoms with Crippen molar-refractivity contribution < 1.29 is 0 Å². The van der Waals surface area contributed by atoms with Crippen molar-refractivity contribution in [3.63, 3.8) is 0 Å². The Balaban J connectivity index is 1.97. The van der Waals surface area contributed by atoms with Gasteiger partial charge in [-0.2, -0.15) is 9.94 Å². The summed E-state index contributed by atoms with van der Waals surface area (Å²) in [6.45, 7) is 2.11. The summed E-state index contributed by atoms with van der Waals surface area (Å²) in [6, 6.07) is 7.90. The van der Waals surface area contributed by atoms with Gasteiger partial charge in [0.1, 0.15) is 17.5 Å². The Morgan fingerprint density at radius 1 is 1.50 bits per heavy atom. The van der Waals surface area contributed by atoms with Gasteiger partial charge in [0.05, 0.1) is 0 Å². The van der Waals surface area contributed by atoms with E-state index in [0.29, 0.717) is 35.0 Å². The number of hydrogen-bond donors (Lipinski definition) is 2. The summed E-state index contributed by atoms with van der Waals surface area (Å²) < 4.78 is 1.50. The molecule has 1 unspecified atom stereocenters. The minimum absolute atomic E-state index is 0.300. The molecule has 0 saturated heterocycles. The highest BCUT2D eigenvalue weighted by atomic mass is 15.4. The van der Waals surface area contributed by atoms with Gasteiger partial charge >= 0.3 is 0 Å². The quantitative estimate of drug-likeness (QED) is 0.883. The summed E-state index contributed by atoms with van der Waals surface area (Å²) in [4.78, 5) is 4.21. The zero-order valence-electron chi connectivity index (χ0n) is 11.2. The van der Waals surface area contributed by atoms with Gasteiger partial charge < -0.3 is 11.1 Å². The number of nitriles is 1. The van der Waals surface area contributed by atoms with E-state index in [1.165, 1.54) is 17.5 Å². The van der Waals surface area contributed by atoms with Crippen LogP contribution in [0.15, 0.2) is 24.4 Å². The van der Waals surface area contributed by atoms with Crippen molar-refractivity contribution in [3.05, 3.63) is 30.0 Å². The zero-order chi connectivity index (χ0) is 14.1. The van der Waals surface area contributed by atoms with E-state index in [4.69, 9.17) is 5.73 Å². The van der Waals surface area contributed by atoms with E-state index in [1.807, 2.05) is 12.1 Å². The number of anilines is 2. The number of nitrogens with one attached hydrogen (secondary N) is 1. The average Bonchev–Trinajstić information content (AvgIpc) is 3.26. The van der Waals surface area contributed by atoms with Crippen molar-refractivity contribution in [3.8, 4) is 11.9 Å². The summed E-state index contributed by atoms with van der Waals surface area (Å²) in [7, 11) is 0.